The Hall–Kier alpha value is -4.92. The molecule has 0 fully saturated rings. The lowest BCUT2D eigenvalue weighted by atomic mass is 10.1. The third-order valence-electron chi connectivity index (χ3n) is 4.78. The predicted molar refractivity (Wildman–Crippen MR) is 128 cm³/mol. The third kappa shape index (κ3) is 6.11. The molecule has 0 bridgehead atoms. The molecular weight excluding hydrogens is 453 g/mol. The number of para-hydroxylation sites is 2. The second-order valence-corrected chi connectivity index (χ2v) is 7.28. The van der Waals surface area contributed by atoms with Gasteiger partial charge < -0.3 is 25.1 Å². The Bertz CT molecular complexity index is 1340. The Balaban J connectivity index is 1.35. The highest BCUT2D eigenvalue weighted by atomic mass is 19.1. The molecule has 0 aliphatic rings. The normalized spacial score (nSPS) is 10.3. The molecule has 35 heavy (non-hydrogen) atoms. The van der Waals surface area contributed by atoms with Gasteiger partial charge in [0.15, 0.2) is 12.4 Å². The van der Waals surface area contributed by atoms with Gasteiger partial charge in [-0.2, -0.15) is 0 Å². The maximum atomic E-state index is 13.7. The second kappa shape index (κ2) is 10.8. The summed E-state index contributed by atoms with van der Waals surface area (Å²) in [6.45, 7) is -0.414. The Labute approximate surface area is 199 Å². The van der Waals surface area contributed by atoms with E-state index in [-0.39, 0.29) is 22.8 Å². The van der Waals surface area contributed by atoms with Crippen molar-refractivity contribution >= 4 is 34.8 Å². The van der Waals surface area contributed by atoms with Crippen molar-refractivity contribution in [2.24, 2.45) is 0 Å². The lowest BCUT2D eigenvalue weighted by molar-refractivity contribution is -0.118. The second-order valence-electron chi connectivity index (χ2n) is 7.28. The fourth-order valence-corrected chi connectivity index (χ4v) is 3.11. The summed E-state index contributed by atoms with van der Waals surface area (Å²) in [6, 6.07) is 21.9. The summed E-state index contributed by atoms with van der Waals surface area (Å²) < 4.78 is 24.3. The van der Waals surface area contributed by atoms with E-state index >= 15 is 0 Å². The van der Waals surface area contributed by atoms with Crippen molar-refractivity contribution in [3.8, 4) is 5.75 Å². The Kier molecular flexibility index (Phi) is 7.17. The number of furan rings is 1. The van der Waals surface area contributed by atoms with Gasteiger partial charge in [-0.25, -0.2) is 4.39 Å². The van der Waals surface area contributed by atoms with E-state index in [9.17, 15) is 18.8 Å². The minimum Gasteiger partial charge on any atom is -0.483 e. The van der Waals surface area contributed by atoms with E-state index in [4.69, 9.17) is 9.15 Å². The SMILES string of the molecule is O=C(COc1ccccc1C(=O)Nc1ccc(NC(=O)c2ccco2)cc1)Nc1ccccc1F. The van der Waals surface area contributed by atoms with E-state index < -0.39 is 30.1 Å². The molecule has 0 aliphatic heterocycles. The van der Waals surface area contributed by atoms with Gasteiger partial charge in [-0.1, -0.05) is 24.3 Å². The number of rotatable bonds is 8. The van der Waals surface area contributed by atoms with E-state index in [0.29, 0.717) is 11.4 Å². The minimum absolute atomic E-state index is 0.0379. The number of ether oxygens (including phenoxy) is 1. The van der Waals surface area contributed by atoms with Crippen molar-refractivity contribution in [3.05, 3.63) is 108 Å². The van der Waals surface area contributed by atoms with E-state index in [1.165, 1.54) is 24.5 Å². The van der Waals surface area contributed by atoms with Gasteiger partial charge in [-0.05, 0) is 60.7 Å². The zero-order chi connectivity index (χ0) is 24.6. The molecule has 176 valence electrons. The molecule has 0 radical (unpaired) electrons. The summed E-state index contributed by atoms with van der Waals surface area (Å²) >= 11 is 0. The maximum Gasteiger partial charge on any atom is 0.291 e. The summed E-state index contributed by atoms with van der Waals surface area (Å²) in [5, 5.41) is 7.85. The number of hydrogen-bond donors (Lipinski definition) is 3. The van der Waals surface area contributed by atoms with Crippen LogP contribution in [-0.2, 0) is 4.79 Å². The van der Waals surface area contributed by atoms with E-state index in [1.807, 2.05) is 0 Å². The Morgan fingerprint density at radius 3 is 2.09 bits per heavy atom. The molecule has 1 aromatic heterocycles. The molecular formula is C26H20FN3O5. The van der Waals surface area contributed by atoms with E-state index in [0.717, 1.165) is 0 Å². The first kappa shape index (κ1) is 23.2. The molecule has 9 heteroatoms. The first-order chi connectivity index (χ1) is 17.0. The summed E-state index contributed by atoms with van der Waals surface area (Å²) in [6.07, 6.45) is 1.41. The summed E-state index contributed by atoms with van der Waals surface area (Å²) in [5.74, 6) is -1.61. The minimum atomic E-state index is -0.572. The van der Waals surface area contributed by atoms with Gasteiger partial charge in [0.05, 0.1) is 17.5 Å². The summed E-state index contributed by atoms with van der Waals surface area (Å²) in [7, 11) is 0. The van der Waals surface area contributed by atoms with Gasteiger partial charge >= 0.3 is 0 Å². The van der Waals surface area contributed by atoms with E-state index in [2.05, 4.69) is 16.0 Å². The van der Waals surface area contributed by atoms with Crippen LogP contribution >= 0.6 is 0 Å². The van der Waals surface area contributed by atoms with Crippen LogP contribution < -0.4 is 20.7 Å². The first-order valence-corrected chi connectivity index (χ1v) is 10.5. The van der Waals surface area contributed by atoms with Crippen LogP contribution in [0.15, 0.2) is 95.6 Å². The molecule has 0 atom stereocenters. The highest BCUT2D eigenvalue weighted by Gasteiger charge is 2.15. The molecule has 4 rings (SSSR count). The topological polar surface area (TPSA) is 110 Å². The fraction of sp³-hybridized carbons (Fsp3) is 0.0385. The van der Waals surface area contributed by atoms with Gasteiger partial charge in [-0.3, -0.25) is 14.4 Å². The van der Waals surface area contributed by atoms with Crippen molar-refractivity contribution in [1.82, 2.24) is 0 Å². The largest absolute Gasteiger partial charge is 0.483 e. The van der Waals surface area contributed by atoms with Crippen LogP contribution in [0.25, 0.3) is 0 Å². The van der Waals surface area contributed by atoms with Gasteiger partial charge in [0.1, 0.15) is 11.6 Å². The lowest BCUT2D eigenvalue weighted by Crippen LogP contribution is -2.22. The van der Waals surface area contributed by atoms with Crippen LogP contribution in [0.4, 0.5) is 21.5 Å². The fourth-order valence-electron chi connectivity index (χ4n) is 3.11. The average molecular weight is 473 g/mol. The van der Waals surface area contributed by atoms with Crippen LogP contribution in [0, 0.1) is 5.82 Å². The maximum absolute atomic E-state index is 13.7. The smallest absolute Gasteiger partial charge is 0.291 e. The number of carbonyl (C=O) groups excluding carboxylic acids is 3. The van der Waals surface area contributed by atoms with Crippen LogP contribution in [0.5, 0.6) is 5.75 Å². The average Bonchev–Trinajstić information content (AvgIpc) is 3.41. The van der Waals surface area contributed by atoms with Crippen molar-refractivity contribution in [2.75, 3.05) is 22.6 Å². The molecule has 3 aromatic carbocycles. The van der Waals surface area contributed by atoms with Crippen molar-refractivity contribution < 1.29 is 27.9 Å². The molecule has 0 unspecified atom stereocenters. The molecule has 0 saturated carbocycles. The number of benzene rings is 3. The molecule has 1 heterocycles. The number of halogens is 1. The van der Waals surface area contributed by atoms with Crippen LogP contribution in [0.1, 0.15) is 20.9 Å². The summed E-state index contributed by atoms with van der Waals surface area (Å²) in [5.41, 5.74) is 1.25. The summed E-state index contributed by atoms with van der Waals surface area (Å²) in [4.78, 5) is 37.0. The quantitative estimate of drug-likeness (QED) is 0.336. The molecule has 3 N–H and O–H groups in total. The van der Waals surface area contributed by atoms with Gasteiger partial charge in [0.2, 0.25) is 0 Å². The van der Waals surface area contributed by atoms with Crippen molar-refractivity contribution in [3.63, 3.8) is 0 Å². The zero-order valence-electron chi connectivity index (χ0n) is 18.3. The Morgan fingerprint density at radius 2 is 1.40 bits per heavy atom. The molecule has 8 nitrogen and oxygen atoms in total. The third-order valence-corrected chi connectivity index (χ3v) is 4.78. The molecule has 4 aromatic rings. The van der Waals surface area contributed by atoms with Crippen LogP contribution in [0.3, 0.4) is 0 Å². The molecule has 0 aliphatic carbocycles. The number of carbonyl (C=O) groups is 3. The predicted octanol–water partition coefficient (Wildman–Crippen LogP) is 4.94. The van der Waals surface area contributed by atoms with Crippen molar-refractivity contribution in [2.45, 2.75) is 0 Å². The highest BCUT2D eigenvalue weighted by molar-refractivity contribution is 6.06. The van der Waals surface area contributed by atoms with Crippen molar-refractivity contribution in [1.29, 1.82) is 0 Å². The monoisotopic (exact) mass is 473 g/mol. The number of hydrogen-bond acceptors (Lipinski definition) is 5. The highest BCUT2D eigenvalue weighted by Crippen LogP contribution is 2.21. The lowest BCUT2D eigenvalue weighted by Gasteiger charge is -2.12. The van der Waals surface area contributed by atoms with Crippen LogP contribution in [0.2, 0.25) is 0 Å². The Morgan fingerprint density at radius 1 is 0.743 bits per heavy atom. The van der Waals surface area contributed by atoms with Gasteiger partial charge in [-0.15, -0.1) is 0 Å². The zero-order valence-corrected chi connectivity index (χ0v) is 18.3. The van der Waals surface area contributed by atoms with Gasteiger partial charge in [0.25, 0.3) is 17.7 Å². The van der Waals surface area contributed by atoms with E-state index in [1.54, 1.807) is 66.7 Å². The van der Waals surface area contributed by atoms with Crippen LogP contribution in [-0.4, -0.2) is 24.3 Å². The standard InChI is InChI=1S/C26H20FN3O5/c27-20-7-2-3-8-21(20)30-24(31)16-35-22-9-4-1-6-19(22)25(32)28-17-11-13-18(14-12-17)29-26(33)23-10-5-15-34-23/h1-15H,16H2,(H,28,32)(H,29,33)(H,30,31). The number of amides is 3. The van der Waals surface area contributed by atoms with Gasteiger partial charge in [0, 0.05) is 11.4 Å². The number of anilines is 3. The first-order valence-electron chi connectivity index (χ1n) is 10.5. The molecule has 0 saturated heterocycles. The number of nitrogens with one attached hydrogen (secondary N) is 3. The molecule has 3 amide bonds. The molecule has 0 spiro atoms.